The van der Waals surface area contributed by atoms with E-state index in [0.29, 0.717) is 0 Å². The first-order valence-electron chi connectivity index (χ1n) is 6.25. The van der Waals surface area contributed by atoms with Gasteiger partial charge in [-0.15, -0.1) is 0 Å². The normalized spacial score (nSPS) is 19.3. The van der Waals surface area contributed by atoms with Crippen LogP contribution in [-0.4, -0.2) is 55.4 Å². The van der Waals surface area contributed by atoms with Crippen molar-refractivity contribution in [1.29, 1.82) is 0 Å². The zero-order valence-electron chi connectivity index (χ0n) is 9.95. The predicted octanol–water partition coefficient (Wildman–Crippen LogP) is 1.38. The highest BCUT2D eigenvalue weighted by Crippen LogP contribution is 2.04. The third-order valence-electron chi connectivity index (χ3n) is 3.05. The molecule has 1 heterocycles. The van der Waals surface area contributed by atoms with Crippen LogP contribution < -0.4 is 0 Å². The van der Waals surface area contributed by atoms with E-state index in [0.717, 1.165) is 19.1 Å². The largest absolute Gasteiger partial charge is 0.303 e. The third kappa shape index (κ3) is 5.28. The Morgan fingerprint density at radius 3 is 2.13 bits per heavy atom. The van der Waals surface area contributed by atoms with Gasteiger partial charge in [0.2, 0.25) is 0 Å². The first-order chi connectivity index (χ1) is 7.36. The first-order valence-corrected chi connectivity index (χ1v) is 6.25. The van der Waals surface area contributed by atoms with E-state index in [1.165, 1.54) is 52.1 Å². The summed E-state index contributed by atoms with van der Waals surface area (Å²) < 4.78 is 0. The average Bonchev–Trinajstić information content (AvgIpc) is 2.27. The molecule has 0 aliphatic carbocycles. The molecule has 0 unspecified atom stereocenters. The maximum Gasteiger partial charge on any atom is 0.119 e. The van der Waals surface area contributed by atoms with Crippen LogP contribution in [0.2, 0.25) is 0 Å². The van der Waals surface area contributed by atoms with E-state index < -0.39 is 0 Å². The second-order valence-electron chi connectivity index (χ2n) is 4.35. The molecule has 0 N–H and O–H groups in total. The maximum atomic E-state index is 10.2. The smallest absolute Gasteiger partial charge is 0.119 e. The van der Waals surface area contributed by atoms with Gasteiger partial charge >= 0.3 is 0 Å². The Morgan fingerprint density at radius 1 is 1.00 bits per heavy atom. The lowest BCUT2D eigenvalue weighted by atomic mass is 10.2. The summed E-state index contributed by atoms with van der Waals surface area (Å²) in [5.74, 6) is 0. The zero-order chi connectivity index (χ0) is 10.9. The van der Waals surface area contributed by atoms with Crippen LogP contribution in [0, 0.1) is 0 Å². The molecule has 1 fully saturated rings. The molecule has 0 aromatic rings. The van der Waals surface area contributed by atoms with E-state index in [2.05, 4.69) is 16.7 Å². The second-order valence-corrected chi connectivity index (χ2v) is 4.35. The van der Waals surface area contributed by atoms with Gasteiger partial charge < -0.3 is 14.6 Å². The number of hydrogen-bond donors (Lipinski definition) is 0. The Kier molecular flexibility index (Phi) is 6.60. The van der Waals surface area contributed by atoms with Gasteiger partial charge in [0.1, 0.15) is 6.29 Å². The maximum absolute atomic E-state index is 10.2. The lowest BCUT2D eigenvalue weighted by Gasteiger charge is -2.34. The molecule has 0 radical (unpaired) electrons. The molecule has 1 rings (SSSR count). The van der Waals surface area contributed by atoms with Crippen LogP contribution in [0.15, 0.2) is 0 Å². The number of carbonyl (C=O) groups is 1. The Hall–Kier alpha value is -0.410. The van der Waals surface area contributed by atoms with Crippen molar-refractivity contribution in [2.45, 2.75) is 32.6 Å². The summed E-state index contributed by atoms with van der Waals surface area (Å²) >= 11 is 0. The molecule has 0 aromatic carbocycles. The molecule has 88 valence electrons. The molecule has 0 saturated carbocycles. The number of piperazine rings is 1. The number of aldehydes is 1. The Balaban J connectivity index is 2.01. The van der Waals surface area contributed by atoms with Gasteiger partial charge in [-0.2, -0.15) is 0 Å². The molecular formula is C12H24N2O. The summed E-state index contributed by atoms with van der Waals surface area (Å²) in [5, 5.41) is 0. The minimum Gasteiger partial charge on any atom is -0.303 e. The van der Waals surface area contributed by atoms with Crippen LogP contribution in [0.4, 0.5) is 0 Å². The Labute approximate surface area is 93.4 Å². The van der Waals surface area contributed by atoms with Gasteiger partial charge in [-0.3, -0.25) is 0 Å². The summed E-state index contributed by atoms with van der Waals surface area (Å²) in [7, 11) is 0. The molecule has 1 aliphatic heterocycles. The molecule has 0 aromatic heterocycles. The minimum absolute atomic E-state index is 0.732. The van der Waals surface area contributed by atoms with E-state index in [1.807, 2.05) is 0 Å². The van der Waals surface area contributed by atoms with E-state index in [-0.39, 0.29) is 0 Å². The molecule has 3 heteroatoms. The summed E-state index contributed by atoms with van der Waals surface area (Å²) in [6.07, 6.45) is 5.25. The SMILES string of the molecule is CCCN1CCN(CCCCC=O)CC1. The molecule has 1 aliphatic rings. The summed E-state index contributed by atoms with van der Waals surface area (Å²) in [5.41, 5.74) is 0. The Morgan fingerprint density at radius 2 is 1.60 bits per heavy atom. The molecule has 0 spiro atoms. The van der Waals surface area contributed by atoms with Crippen molar-refractivity contribution in [2.24, 2.45) is 0 Å². The molecule has 1 saturated heterocycles. The molecule has 0 atom stereocenters. The van der Waals surface area contributed by atoms with E-state index in [1.54, 1.807) is 0 Å². The number of unbranched alkanes of at least 4 members (excludes halogenated alkanes) is 2. The number of rotatable bonds is 7. The predicted molar refractivity (Wildman–Crippen MR) is 63.1 cm³/mol. The van der Waals surface area contributed by atoms with Crippen molar-refractivity contribution in [3.63, 3.8) is 0 Å². The summed E-state index contributed by atoms with van der Waals surface area (Å²) in [6, 6.07) is 0. The van der Waals surface area contributed by atoms with E-state index in [4.69, 9.17) is 0 Å². The molecule has 0 bridgehead atoms. The van der Waals surface area contributed by atoms with Crippen molar-refractivity contribution in [3.05, 3.63) is 0 Å². The molecule has 3 nitrogen and oxygen atoms in total. The third-order valence-corrected chi connectivity index (χ3v) is 3.05. The zero-order valence-corrected chi connectivity index (χ0v) is 9.95. The molecular weight excluding hydrogens is 188 g/mol. The van der Waals surface area contributed by atoms with Crippen LogP contribution >= 0.6 is 0 Å². The lowest BCUT2D eigenvalue weighted by molar-refractivity contribution is -0.107. The molecule has 15 heavy (non-hydrogen) atoms. The fourth-order valence-corrected chi connectivity index (χ4v) is 2.12. The van der Waals surface area contributed by atoms with Crippen molar-refractivity contribution in [3.8, 4) is 0 Å². The van der Waals surface area contributed by atoms with Crippen molar-refractivity contribution >= 4 is 6.29 Å². The van der Waals surface area contributed by atoms with E-state index in [9.17, 15) is 4.79 Å². The van der Waals surface area contributed by atoms with Gasteiger partial charge in [0.15, 0.2) is 0 Å². The van der Waals surface area contributed by atoms with Crippen LogP contribution in [-0.2, 0) is 4.79 Å². The second kappa shape index (κ2) is 7.83. The summed E-state index contributed by atoms with van der Waals surface area (Å²) in [4.78, 5) is 15.2. The van der Waals surface area contributed by atoms with Gasteiger partial charge in [-0.05, 0) is 32.4 Å². The summed E-state index contributed by atoms with van der Waals surface area (Å²) in [6.45, 7) is 9.53. The van der Waals surface area contributed by atoms with Crippen molar-refractivity contribution in [1.82, 2.24) is 9.80 Å². The highest BCUT2D eigenvalue weighted by atomic mass is 16.1. The number of nitrogens with zero attached hydrogens (tertiary/aromatic N) is 2. The van der Waals surface area contributed by atoms with Crippen LogP contribution in [0.3, 0.4) is 0 Å². The van der Waals surface area contributed by atoms with Gasteiger partial charge in [0.25, 0.3) is 0 Å². The average molecular weight is 212 g/mol. The van der Waals surface area contributed by atoms with Gasteiger partial charge in [-0.1, -0.05) is 6.92 Å². The van der Waals surface area contributed by atoms with Crippen LogP contribution in [0.1, 0.15) is 32.6 Å². The van der Waals surface area contributed by atoms with Gasteiger partial charge in [0.05, 0.1) is 0 Å². The quantitative estimate of drug-likeness (QED) is 0.470. The molecule has 0 amide bonds. The highest BCUT2D eigenvalue weighted by Gasteiger charge is 2.14. The van der Waals surface area contributed by atoms with Gasteiger partial charge in [0, 0.05) is 32.6 Å². The van der Waals surface area contributed by atoms with Crippen molar-refractivity contribution < 1.29 is 4.79 Å². The minimum atomic E-state index is 0.732. The lowest BCUT2D eigenvalue weighted by Crippen LogP contribution is -2.46. The topological polar surface area (TPSA) is 23.6 Å². The highest BCUT2D eigenvalue weighted by molar-refractivity contribution is 5.48. The fourth-order valence-electron chi connectivity index (χ4n) is 2.12. The van der Waals surface area contributed by atoms with Crippen LogP contribution in [0.5, 0.6) is 0 Å². The standard InChI is InChI=1S/C12H24N2O/c1-2-6-13-8-10-14(11-9-13)7-4-3-5-12-15/h12H,2-11H2,1H3. The number of carbonyl (C=O) groups excluding carboxylic acids is 1. The van der Waals surface area contributed by atoms with Gasteiger partial charge in [-0.25, -0.2) is 0 Å². The number of hydrogen-bond acceptors (Lipinski definition) is 3. The van der Waals surface area contributed by atoms with Crippen LogP contribution in [0.25, 0.3) is 0 Å². The van der Waals surface area contributed by atoms with E-state index >= 15 is 0 Å². The Bertz CT molecular complexity index is 165. The first kappa shape index (κ1) is 12.7. The monoisotopic (exact) mass is 212 g/mol. The van der Waals surface area contributed by atoms with Crippen molar-refractivity contribution in [2.75, 3.05) is 39.3 Å². The fraction of sp³-hybridized carbons (Fsp3) is 0.917.